The zero-order valence-corrected chi connectivity index (χ0v) is 12.7. The standard InChI is InChI=1S/C15H24N2S/c1-9(2)12-7-15(8-12,17-13-5-6-13)14-16-10(3)11(4)18-14/h9,12-13,17H,5-8H2,1-4H3. The van der Waals surface area contributed by atoms with Crippen molar-refractivity contribution in [3.05, 3.63) is 15.6 Å². The molecule has 3 heteroatoms. The lowest BCUT2D eigenvalue weighted by atomic mass is 9.64. The normalized spacial score (nSPS) is 31.7. The molecule has 1 aromatic rings. The third kappa shape index (κ3) is 2.12. The van der Waals surface area contributed by atoms with Crippen molar-refractivity contribution >= 4 is 11.3 Å². The number of hydrogen-bond donors (Lipinski definition) is 1. The molecule has 0 bridgehead atoms. The van der Waals surface area contributed by atoms with Gasteiger partial charge in [-0.05, 0) is 51.4 Å². The number of nitrogens with one attached hydrogen (secondary N) is 1. The van der Waals surface area contributed by atoms with Crippen LogP contribution in [-0.2, 0) is 5.54 Å². The molecule has 0 radical (unpaired) electrons. The van der Waals surface area contributed by atoms with Crippen molar-refractivity contribution in [3.63, 3.8) is 0 Å². The van der Waals surface area contributed by atoms with Gasteiger partial charge in [-0.1, -0.05) is 13.8 Å². The molecule has 2 aliphatic carbocycles. The summed E-state index contributed by atoms with van der Waals surface area (Å²) in [6, 6.07) is 0.766. The highest BCUT2D eigenvalue weighted by Gasteiger charge is 2.50. The Bertz CT molecular complexity index is 420. The first-order chi connectivity index (χ1) is 8.50. The third-order valence-corrected chi connectivity index (χ3v) is 5.94. The molecule has 0 spiro atoms. The van der Waals surface area contributed by atoms with Gasteiger partial charge in [0.25, 0.3) is 0 Å². The number of hydrogen-bond acceptors (Lipinski definition) is 3. The summed E-state index contributed by atoms with van der Waals surface area (Å²) in [6.07, 6.45) is 5.29. The lowest BCUT2D eigenvalue weighted by molar-refractivity contribution is 0.0656. The highest BCUT2D eigenvalue weighted by Crippen LogP contribution is 2.51. The van der Waals surface area contributed by atoms with Crippen molar-refractivity contribution in [2.75, 3.05) is 0 Å². The van der Waals surface area contributed by atoms with Crippen LogP contribution >= 0.6 is 11.3 Å². The van der Waals surface area contributed by atoms with Crippen LogP contribution in [0.25, 0.3) is 0 Å². The molecule has 0 saturated heterocycles. The number of nitrogens with zero attached hydrogens (tertiary/aromatic N) is 1. The molecule has 0 atom stereocenters. The first-order valence-electron chi connectivity index (χ1n) is 7.22. The molecule has 1 heterocycles. The molecule has 2 fully saturated rings. The summed E-state index contributed by atoms with van der Waals surface area (Å²) in [5.74, 6) is 1.68. The second-order valence-corrected chi connectivity index (χ2v) is 7.78. The Hall–Kier alpha value is -0.410. The van der Waals surface area contributed by atoms with Gasteiger partial charge in [-0.15, -0.1) is 11.3 Å². The monoisotopic (exact) mass is 264 g/mol. The Balaban J connectivity index is 1.82. The molecule has 0 amide bonds. The second-order valence-electron chi connectivity index (χ2n) is 6.57. The SMILES string of the molecule is Cc1nc(C2(NC3CC3)CC(C(C)C)C2)sc1C. The molecule has 0 aliphatic heterocycles. The molecular formula is C15H24N2S. The Labute approximate surface area is 114 Å². The zero-order chi connectivity index (χ0) is 12.9. The van der Waals surface area contributed by atoms with E-state index in [9.17, 15) is 0 Å². The van der Waals surface area contributed by atoms with Crippen molar-refractivity contribution in [2.24, 2.45) is 11.8 Å². The maximum absolute atomic E-state index is 4.84. The van der Waals surface area contributed by atoms with Crippen LogP contribution in [0.4, 0.5) is 0 Å². The van der Waals surface area contributed by atoms with Gasteiger partial charge < -0.3 is 5.32 Å². The molecule has 1 aromatic heterocycles. The first kappa shape index (κ1) is 12.6. The van der Waals surface area contributed by atoms with E-state index in [0.29, 0.717) is 0 Å². The van der Waals surface area contributed by atoms with E-state index in [1.165, 1.54) is 41.3 Å². The van der Waals surface area contributed by atoms with E-state index in [-0.39, 0.29) is 5.54 Å². The van der Waals surface area contributed by atoms with Gasteiger partial charge in [-0.2, -0.15) is 0 Å². The van der Waals surface area contributed by atoms with E-state index in [4.69, 9.17) is 4.98 Å². The maximum atomic E-state index is 4.84. The minimum atomic E-state index is 0.222. The highest BCUT2D eigenvalue weighted by atomic mass is 32.1. The molecule has 18 heavy (non-hydrogen) atoms. The summed E-state index contributed by atoms with van der Waals surface area (Å²) in [6.45, 7) is 9.03. The van der Waals surface area contributed by atoms with Gasteiger partial charge in [0.2, 0.25) is 0 Å². The Morgan fingerprint density at radius 2 is 1.94 bits per heavy atom. The lowest BCUT2D eigenvalue weighted by Crippen LogP contribution is -2.54. The van der Waals surface area contributed by atoms with Crippen LogP contribution in [0.3, 0.4) is 0 Å². The van der Waals surface area contributed by atoms with Crippen LogP contribution in [-0.4, -0.2) is 11.0 Å². The number of aryl methyl sites for hydroxylation is 2. The molecular weight excluding hydrogens is 240 g/mol. The number of rotatable bonds is 4. The average molecular weight is 264 g/mol. The second kappa shape index (κ2) is 4.31. The molecule has 3 rings (SSSR count). The smallest absolute Gasteiger partial charge is 0.113 e. The van der Waals surface area contributed by atoms with E-state index in [1.807, 2.05) is 11.3 Å². The lowest BCUT2D eigenvalue weighted by Gasteiger charge is -2.49. The van der Waals surface area contributed by atoms with Gasteiger partial charge in [-0.3, -0.25) is 0 Å². The molecule has 2 nitrogen and oxygen atoms in total. The van der Waals surface area contributed by atoms with Crippen molar-refractivity contribution in [2.45, 2.75) is 65.0 Å². The van der Waals surface area contributed by atoms with E-state index in [0.717, 1.165) is 17.9 Å². The molecule has 100 valence electrons. The highest BCUT2D eigenvalue weighted by molar-refractivity contribution is 7.11. The molecule has 2 aliphatic rings. The summed E-state index contributed by atoms with van der Waals surface area (Å²) in [5.41, 5.74) is 1.44. The molecule has 0 aromatic carbocycles. The summed E-state index contributed by atoms with van der Waals surface area (Å²) in [7, 11) is 0. The van der Waals surface area contributed by atoms with E-state index in [1.54, 1.807) is 0 Å². The minimum Gasteiger partial charge on any atom is -0.303 e. The third-order valence-electron chi connectivity index (χ3n) is 4.66. The van der Waals surface area contributed by atoms with Crippen molar-refractivity contribution in [3.8, 4) is 0 Å². The van der Waals surface area contributed by atoms with Gasteiger partial charge in [0.15, 0.2) is 0 Å². The van der Waals surface area contributed by atoms with Gasteiger partial charge >= 0.3 is 0 Å². The summed E-state index contributed by atoms with van der Waals surface area (Å²) < 4.78 is 0. The van der Waals surface area contributed by atoms with Crippen LogP contribution in [0, 0.1) is 25.7 Å². The first-order valence-corrected chi connectivity index (χ1v) is 8.04. The summed E-state index contributed by atoms with van der Waals surface area (Å²) in [4.78, 5) is 6.22. The summed E-state index contributed by atoms with van der Waals surface area (Å²) in [5, 5.41) is 5.24. The van der Waals surface area contributed by atoms with E-state index >= 15 is 0 Å². The number of thiazole rings is 1. The molecule has 2 saturated carbocycles. The maximum Gasteiger partial charge on any atom is 0.113 e. The van der Waals surface area contributed by atoms with E-state index < -0.39 is 0 Å². The topological polar surface area (TPSA) is 24.9 Å². The summed E-state index contributed by atoms with van der Waals surface area (Å²) >= 11 is 1.91. The zero-order valence-electron chi connectivity index (χ0n) is 11.9. The predicted octanol–water partition coefficient (Wildman–Crippen LogP) is 3.77. The van der Waals surface area contributed by atoms with Gasteiger partial charge in [-0.25, -0.2) is 4.98 Å². The van der Waals surface area contributed by atoms with Crippen LogP contribution in [0.1, 0.15) is 55.1 Å². The quantitative estimate of drug-likeness (QED) is 0.895. The fourth-order valence-corrected chi connectivity index (χ4v) is 4.04. The predicted molar refractivity (Wildman–Crippen MR) is 77.0 cm³/mol. The van der Waals surface area contributed by atoms with Crippen LogP contribution in [0.5, 0.6) is 0 Å². The molecule has 0 unspecified atom stereocenters. The average Bonchev–Trinajstić information content (AvgIpc) is 2.99. The van der Waals surface area contributed by atoms with Gasteiger partial charge in [0.1, 0.15) is 5.01 Å². The van der Waals surface area contributed by atoms with Gasteiger partial charge in [0, 0.05) is 10.9 Å². The Morgan fingerprint density at radius 3 is 2.39 bits per heavy atom. The largest absolute Gasteiger partial charge is 0.303 e. The fraction of sp³-hybridized carbons (Fsp3) is 0.800. The Morgan fingerprint density at radius 1 is 1.28 bits per heavy atom. The van der Waals surface area contributed by atoms with Crippen LogP contribution in [0.2, 0.25) is 0 Å². The Kier molecular flexibility index (Phi) is 3.02. The van der Waals surface area contributed by atoms with Crippen molar-refractivity contribution in [1.29, 1.82) is 0 Å². The van der Waals surface area contributed by atoms with Crippen LogP contribution in [0.15, 0.2) is 0 Å². The fourth-order valence-electron chi connectivity index (χ4n) is 2.96. The van der Waals surface area contributed by atoms with Crippen molar-refractivity contribution < 1.29 is 0 Å². The van der Waals surface area contributed by atoms with Crippen molar-refractivity contribution in [1.82, 2.24) is 10.3 Å². The van der Waals surface area contributed by atoms with E-state index in [2.05, 4.69) is 33.0 Å². The minimum absolute atomic E-state index is 0.222. The van der Waals surface area contributed by atoms with Gasteiger partial charge in [0.05, 0.1) is 11.2 Å². The molecule has 1 N–H and O–H groups in total. The number of aromatic nitrogens is 1. The van der Waals surface area contributed by atoms with Crippen LogP contribution < -0.4 is 5.32 Å².